The van der Waals surface area contributed by atoms with Crippen molar-refractivity contribution in [2.75, 3.05) is 0 Å². The first-order chi connectivity index (χ1) is 8.55. The summed E-state index contributed by atoms with van der Waals surface area (Å²) >= 11 is 0. The maximum atomic E-state index is 12.2. The molecule has 0 aromatic heterocycles. The number of hydrogen-bond donors (Lipinski definition) is 0. The minimum atomic E-state index is -0.575. The third kappa shape index (κ3) is 2.88. The van der Waals surface area contributed by atoms with Crippen LogP contribution in [0.1, 0.15) is 60.8 Å². The summed E-state index contributed by atoms with van der Waals surface area (Å²) in [5, 5.41) is 0. The molecule has 0 N–H and O–H groups in total. The predicted octanol–water partition coefficient (Wildman–Crippen LogP) is 2.56. The standard InChI is InChI=1S/C15H25NO3/c1-7-15(6,9-14(4,5)11(3)17)16-12(18)8-10(2)13(16)19/h10H,7-9H2,1-6H3. The SMILES string of the molecule is CCC(C)(CC(C)(C)C(C)=O)N1C(=O)CC(C)C1=O. The maximum Gasteiger partial charge on any atom is 0.233 e. The summed E-state index contributed by atoms with van der Waals surface area (Å²) in [5.74, 6) is -0.368. The topological polar surface area (TPSA) is 54.5 Å². The Bertz CT molecular complexity index is 414. The average Bonchev–Trinajstić information content (AvgIpc) is 2.52. The molecular weight excluding hydrogens is 242 g/mol. The molecule has 0 aromatic rings. The molecular formula is C15H25NO3. The predicted molar refractivity (Wildman–Crippen MR) is 73.4 cm³/mol. The van der Waals surface area contributed by atoms with Crippen molar-refractivity contribution in [1.82, 2.24) is 4.90 Å². The van der Waals surface area contributed by atoms with Gasteiger partial charge in [0.05, 0.1) is 0 Å². The molecule has 0 saturated carbocycles. The van der Waals surface area contributed by atoms with Crippen LogP contribution in [0.4, 0.5) is 0 Å². The van der Waals surface area contributed by atoms with E-state index in [-0.39, 0.29) is 29.9 Å². The Labute approximate surface area is 115 Å². The summed E-state index contributed by atoms with van der Waals surface area (Å²) < 4.78 is 0. The van der Waals surface area contributed by atoms with E-state index in [1.54, 1.807) is 13.8 Å². The maximum absolute atomic E-state index is 12.2. The van der Waals surface area contributed by atoms with Gasteiger partial charge >= 0.3 is 0 Å². The van der Waals surface area contributed by atoms with Gasteiger partial charge in [-0.05, 0) is 26.7 Å². The Morgan fingerprint density at radius 1 is 1.32 bits per heavy atom. The molecule has 1 fully saturated rings. The van der Waals surface area contributed by atoms with E-state index < -0.39 is 11.0 Å². The van der Waals surface area contributed by atoms with Crippen molar-refractivity contribution in [3.63, 3.8) is 0 Å². The van der Waals surface area contributed by atoms with Gasteiger partial charge in [-0.3, -0.25) is 19.3 Å². The summed E-state index contributed by atoms with van der Waals surface area (Å²) in [6.07, 6.45) is 1.46. The normalized spacial score (nSPS) is 23.7. The van der Waals surface area contributed by atoms with Gasteiger partial charge in [0, 0.05) is 23.3 Å². The van der Waals surface area contributed by atoms with Gasteiger partial charge < -0.3 is 0 Å². The van der Waals surface area contributed by atoms with Crippen molar-refractivity contribution >= 4 is 17.6 Å². The molecule has 108 valence electrons. The molecule has 1 aliphatic heterocycles. The summed E-state index contributed by atoms with van der Waals surface area (Å²) in [7, 11) is 0. The van der Waals surface area contributed by atoms with Gasteiger partial charge in [0.2, 0.25) is 11.8 Å². The van der Waals surface area contributed by atoms with Crippen LogP contribution < -0.4 is 0 Å². The van der Waals surface area contributed by atoms with Crippen LogP contribution in [0.3, 0.4) is 0 Å². The lowest BCUT2D eigenvalue weighted by Crippen LogP contribution is -2.52. The zero-order valence-corrected chi connectivity index (χ0v) is 12.9. The summed E-state index contributed by atoms with van der Waals surface area (Å²) in [5.41, 5.74) is -1.11. The molecule has 2 amide bonds. The molecule has 1 heterocycles. The highest BCUT2D eigenvalue weighted by Crippen LogP contribution is 2.38. The molecule has 1 rings (SSSR count). The number of imide groups is 1. The first-order valence-corrected chi connectivity index (χ1v) is 6.93. The number of amides is 2. The molecule has 0 bridgehead atoms. The number of carbonyl (C=O) groups excluding carboxylic acids is 3. The fourth-order valence-corrected chi connectivity index (χ4v) is 2.79. The van der Waals surface area contributed by atoms with Crippen LogP contribution in [0, 0.1) is 11.3 Å². The molecule has 0 aliphatic carbocycles. The molecule has 0 aromatic carbocycles. The number of hydrogen-bond acceptors (Lipinski definition) is 3. The van der Waals surface area contributed by atoms with Crippen LogP contribution >= 0.6 is 0 Å². The van der Waals surface area contributed by atoms with Gasteiger partial charge in [-0.1, -0.05) is 27.7 Å². The lowest BCUT2D eigenvalue weighted by atomic mass is 9.75. The Balaban J connectivity index is 3.08. The van der Waals surface area contributed by atoms with Crippen molar-refractivity contribution in [1.29, 1.82) is 0 Å². The molecule has 19 heavy (non-hydrogen) atoms. The lowest BCUT2D eigenvalue weighted by molar-refractivity contribution is -0.149. The largest absolute Gasteiger partial charge is 0.299 e. The quantitative estimate of drug-likeness (QED) is 0.719. The number of rotatable bonds is 5. The van der Waals surface area contributed by atoms with E-state index in [1.165, 1.54) is 4.90 Å². The Hall–Kier alpha value is -1.19. The van der Waals surface area contributed by atoms with Crippen molar-refractivity contribution in [2.45, 2.75) is 66.3 Å². The highest BCUT2D eigenvalue weighted by Gasteiger charge is 2.48. The third-order valence-corrected chi connectivity index (χ3v) is 4.45. The van der Waals surface area contributed by atoms with Gasteiger partial charge in [-0.15, -0.1) is 0 Å². The van der Waals surface area contributed by atoms with Crippen LogP contribution in [-0.2, 0) is 14.4 Å². The molecule has 1 saturated heterocycles. The fraction of sp³-hybridized carbons (Fsp3) is 0.800. The molecule has 4 nitrogen and oxygen atoms in total. The van der Waals surface area contributed by atoms with E-state index in [0.717, 1.165) is 0 Å². The zero-order chi connectivity index (χ0) is 15.0. The van der Waals surface area contributed by atoms with Crippen molar-refractivity contribution in [3.8, 4) is 0 Å². The third-order valence-electron chi connectivity index (χ3n) is 4.45. The second kappa shape index (κ2) is 5.06. The average molecular weight is 267 g/mol. The fourth-order valence-electron chi connectivity index (χ4n) is 2.79. The Morgan fingerprint density at radius 2 is 1.84 bits per heavy atom. The van der Waals surface area contributed by atoms with E-state index >= 15 is 0 Å². The number of Topliss-reactive ketones (excluding diaryl/α,β-unsaturated/α-hetero) is 1. The molecule has 2 atom stereocenters. The molecule has 0 radical (unpaired) electrons. The van der Waals surface area contributed by atoms with Crippen molar-refractivity contribution in [3.05, 3.63) is 0 Å². The lowest BCUT2D eigenvalue weighted by Gasteiger charge is -2.41. The Kier molecular flexibility index (Phi) is 4.23. The van der Waals surface area contributed by atoms with Crippen molar-refractivity contribution in [2.24, 2.45) is 11.3 Å². The molecule has 2 unspecified atom stereocenters. The van der Waals surface area contributed by atoms with E-state index in [1.807, 2.05) is 27.7 Å². The monoisotopic (exact) mass is 267 g/mol. The van der Waals surface area contributed by atoms with Crippen LogP contribution in [0.15, 0.2) is 0 Å². The van der Waals surface area contributed by atoms with Crippen LogP contribution in [0.5, 0.6) is 0 Å². The number of likely N-dealkylation sites (tertiary alicyclic amines) is 1. The van der Waals surface area contributed by atoms with E-state index in [0.29, 0.717) is 12.8 Å². The van der Waals surface area contributed by atoms with E-state index in [4.69, 9.17) is 0 Å². The van der Waals surface area contributed by atoms with Crippen LogP contribution in [0.25, 0.3) is 0 Å². The summed E-state index contributed by atoms with van der Waals surface area (Å²) in [6, 6.07) is 0. The first kappa shape index (κ1) is 15.9. The number of ketones is 1. The van der Waals surface area contributed by atoms with Crippen molar-refractivity contribution < 1.29 is 14.4 Å². The number of nitrogens with zero attached hydrogens (tertiary/aromatic N) is 1. The molecule has 0 spiro atoms. The highest BCUT2D eigenvalue weighted by atomic mass is 16.2. The summed E-state index contributed by atoms with van der Waals surface area (Å²) in [6.45, 7) is 11.0. The van der Waals surface area contributed by atoms with Crippen LogP contribution in [-0.4, -0.2) is 28.0 Å². The van der Waals surface area contributed by atoms with Gasteiger partial charge in [-0.25, -0.2) is 0 Å². The van der Waals surface area contributed by atoms with E-state index in [2.05, 4.69) is 0 Å². The number of carbonyl (C=O) groups is 3. The van der Waals surface area contributed by atoms with Gasteiger partial charge in [0.25, 0.3) is 0 Å². The van der Waals surface area contributed by atoms with Gasteiger partial charge in [0.15, 0.2) is 0 Å². The molecule has 1 aliphatic rings. The van der Waals surface area contributed by atoms with E-state index in [9.17, 15) is 14.4 Å². The zero-order valence-electron chi connectivity index (χ0n) is 12.9. The second-order valence-electron chi connectivity index (χ2n) is 6.64. The first-order valence-electron chi connectivity index (χ1n) is 6.93. The molecule has 4 heteroatoms. The Morgan fingerprint density at radius 3 is 2.16 bits per heavy atom. The van der Waals surface area contributed by atoms with Gasteiger partial charge in [-0.2, -0.15) is 0 Å². The minimum absolute atomic E-state index is 0.0827. The van der Waals surface area contributed by atoms with Crippen LogP contribution in [0.2, 0.25) is 0 Å². The van der Waals surface area contributed by atoms with Gasteiger partial charge in [0.1, 0.15) is 5.78 Å². The highest BCUT2D eigenvalue weighted by molar-refractivity contribution is 6.04. The minimum Gasteiger partial charge on any atom is -0.299 e. The second-order valence-corrected chi connectivity index (χ2v) is 6.64. The smallest absolute Gasteiger partial charge is 0.233 e. The summed E-state index contributed by atoms with van der Waals surface area (Å²) in [4.78, 5) is 37.4.